The van der Waals surface area contributed by atoms with E-state index in [9.17, 15) is 4.79 Å². The lowest BCUT2D eigenvalue weighted by Crippen LogP contribution is -2.31. The number of aromatic nitrogens is 3. The van der Waals surface area contributed by atoms with E-state index in [0.717, 1.165) is 47.5 Å². The van der Waals surface area contributed by atoms with E-state index < -0.39 is 6.04 Å². The van der Waals surface area contributed by atoms with E-state index in [-0.39, 0.29) is 5.91 Å². The van der Waals surface area contributed by atoms with Gasteiger partial charge in [0.1, 0.15) is 6.04 Å². The second-order valence-electron chi connectivity index (χ2n) is 9.01. The first kappa shape index (κ1) is 26.6. The van der Waals surface area contributed by atoms with Crippen LogP contribution in [0.3, 0.4) is 0 Å². The molecule has 2 aromatic carbocycles. The van der Waals surface area contributed by atoms with E-state index >= 15 is 0 Å². The lowest BCUT2D eigenvalue weighted by molar-refractivity contribution is -0.113. The van der Waals surface area contributed by atoms with Gasteiger partial charge in [-0.3, -0.25) is 4.79 Å². The number of unbranched alkanes of at least 4 members (excludes halogenated alkanes) is 1. The number of aryl methyl sites for hydroxylation is 1. The number of methoxy groups -OCH3 is 1. The van der Waals surface area contributed by atoms with Crippen LogP contribution in [-0.2, 0) is 4.79 Å². The molecule has 2 N–H and O–H groups in total. The number of anilines is 2. The van der Waals surface area contributed by atoms with Gasteiger partial charge in [0.2, 0.25) is 11.1 Å². The Morgan fingerprint density at radius 3 is 2.59 bits per heavy atom. The number of allylic oxidation sites excluding steroid dienone is 1. The van der Waals surface area contributed by atoms with Crippen molar-refractivity contribution < 1.29 is 14.3 Å². The molecule has 0 radical (unpaired) electrons. The second-order valence-corrected chi connectivity index (χ2v) is 10.1. The molecule has 2 heterocycles. The average Bonchev–Trinajstić information content (AvgIpc) is 3.30. The Morgan fingerprint density at radius 1 is 1.11 bits per heavy atom. The van der Waals surface area contributed by atoms with E-state index in [0.29, 0.717) is 34.8 Å². The molecule has 8 nitrogen and oxygen atoms in total. The molecule has 1 aliphatic heterocycles. The van der Waals surface area contributed by atoms with Crippen molar-refractivity contribution in [3.8, 4) is 11.5 Å². The zero-order valence-corrected chi connectivity index (χ0v) is 22.9. The summed E-state index contributed by atoms with van der Waals surface area (Å²) in [5, 5.41) is 11.8. The highest BCUT2D eigenvalue weighted by Gasteiger charge is 2.35. The molecular weight excluding hydrogens is 486 g/mol. The number of hydrogen-bond acceptors (Lipinski definition) is 7. The van der Waals surface area contributed by atoms with Gasteiger partial charge in [-0.2, -0.15) is 4.98 Å². The number of amides is 1. The smallest absolute Gasteiger partial charge is 0.255 e. The van der Waals surface area contributed by atoms with Gasteiger partial charge in [-0.1, -0.05) is 55.8 Å². The largest absolute Gasteiger partial charge is 0.493 e. The van der Waals surface area contributed by atoms with Crippen molar-refractivity contribution in [3.05, 3.63) is 64.9 Å². The summed E-state index contributed by atoms with van der Waals surface area (Å²) in [5.74, 6) is 2.61. The molecule has 0 saturated carbocycles. The van der Waals surface area contributed by atoms with Crippen molar-refractivity contribution in [1.82, 2.24) is 14.8 Å². The Balaban J connectivity index is 1.74. The highest BCUT2D eigenvalue weighted by molar-refractivity contribution is 7.99. The predicted molar refractivity (Wildman–Crippen MR) is 149 cm³/mol. The van der Waals surface area contributed by atoms with Crippen LogP contribution in [-0.4, -0.2) is 40.1 Å². The maximum absolute atomic E-state index is 13.7. The van der Waals surface area contributed by atoms with Gasteiger partial charge in [0.15, 0.2) is 11.5 Å². The minimum Gasteiger partial charge on any atom is -0.493 e. The molecule has 1 unspecified atom stereocenters. The first-order chi connectivity index (χ1) is 17.9. The molecule has 37 heavy (non-hydrogen) atoms. The summed E-state index contributed by atoms with van der Waals surface area (Å²) in [6.07, 6.45) is 3.03. The number of carbonyl (C=O) groups excluding carboxylic acids is 1. The summed E-state index contributed by atoms with van der Waals surface area (Å²) >= 11 is 1.60. The van der Waals surface area contributed by atoms with Crippen LogP contribution in [0.5, 0.6) is 11.5 Å². The normalized spacial score (nSPS) is 14.7. The number of fused-ring (bicyclic) bond motifs is 1. The van der Waals surface area contributed by atoms with Crippen LogP contribution in [0.25, 0.3) is 0 Å². The third kappa shape index (κ3) is 6.10. The molecule has 0 fully saturated rings. The summed E-state index contributed by atoms with van der Waals surface area (Å²) in [6.45, 7) is 8.78. The lowest BCUT2D eigenvalue weighted by Gasteiger charge is -2.29. The van der Waals surface area contributed by atoms with Crippen LogP contribution in [0.15, 0.2) is 58.9 Å². The monoisotopic (exact) mass is 521 g/mol. The fourth-order valence-corrected chi connectivity index (χ4v) is 4.81. The molecule has 1 amide bonds. The van der Waals surface area contributed by atoms with E-state index in [1.807, 2.05) is 56.3 Å². The molecule has 4 rings (SSSR count). The van der Waals surface area contributed by atoms with Crippen molar-refractivity contribution in [1.29, 1.82) is 0 Å². The van der Waals surface area contributed by atoms with Crippen molar-refractivity contribution in [2.75, 3.05) is 30.1 Å². The highest BCUT2D eigenvalue weighted by atomic mass is 32.2. The van der Waals surface area contributed by atoms with Gasteiger partial charge in [-0.25, -0.2) is 4.68 Å². The van der Waals surface area contributed by atoms with Gasteiger partial charge in [-0.15, -0.1) is 5.10 Å². The van der Waals surface area contributed by atoms with Crippen LogP contribution < -0.4 is 20.1 Å². The zero-order valence-electron chi connectivity index (χ0n) is 22.1. The number of benzene rings is 2. The van der Waals surface area contributed by atoms with Gasteiger partial charge in [0.05, 0.1) is 19.3 Å². The van der Waals surface area contributed by atoms with Crippen molar-refractivity contribution >= 4 is 29.3 Å². The third-order valence-corrected chi connectivity index (χ3v) is 7.12. The first-order valence-corrected chi connectivity index (χ1v) is 13.7. The number of hydrogen-bond donors (Lipinski definition) is 2. The lowest BCUT2D eigenvalue weighted by atomic mass is 9.94. The minimum atomic E-state index is -0.497. The molecule has 0 saturated heterocycles. The Kier molecular flexibility index (Phi) is 8.76. The SMILES string of the molecule is CCCCOc1ccc(C2C(C(=O)Nc3ccc(C)cc3)=C(C)Nc3nc(SCCC)nn32)cc1OC. The highest BCUT2D eigenvalue weighted by Crippen LogP contribution is 2.40. The summed E-state index contributed by atoms with van der Waals surface area (Å²) in [7, 11) is 1.63. The Bertz CT molecular complexity index is 1270. The molecule has 196 valence electrons. The van der Waals surface area contributed by atoms with E-state index in [1.54, 1.807) is 23.6 Å². The number of ether oxygens (including phenoxy) is 2. The molecule has 1 aromatic heterocycles. The molecular formula is C28H35N5O3S. The molecule has 9 heteroatoms. The van der Waals surface area contributed by atoms with Crippen LogP contribution in [0, 0.1) is 6.92 Å². The van der Waals surface area contributed by atoms with Crippen LogP contribution in [0.1, 0.15) is 57.2 Å². The van der Waals surface area contributed by atoms with Crippen molar-refractivity contribution in [2.45, 2.75) is 58.2 Å². The first-order valence-electron chi connectivity index (χ1n) is 12.7. The summed E-state index contributed by atoms with van der Waals surface area (Å²) < 4.78 is 13.4. The summed E-state index contributed by atoms with van der Waals surface area (Å²) in [6, 6.07) is 13.1. The maximum Gasteiger partial charge on any atom is 0.255 e. The van der Waals surface area contributed by atoms with E-state index in [1.165, 1.54) is 0 Å². The van der Waals surface area contributed by atoms with Crippen molar-refractivity contribution in [2.24, 2.45) is 0 Å². The quantitative estimate of drug-likeness (QED) is 0.229. The standard InChI is InChI=1S/C28H35N5O3S/c1-6-8-15-36-22-14-11-20(17-23(22)35-5)25-24(26(34)30-21-12-9-18(3)10-13-21)19(4)29-27-31-28(32-33(25)27)37-16-7-2/h9-14,17,25H,6-8,15-16H2,1-5H3,(H,30,34)(H,29,31,32). The van der Waals surface area contributed by atoms with Gasteiger partial charge in [0.25, 0.3) is 5.91 Å². The zero-order chi connectivity index (χ0) is 26.4. The fraction of sp³-hybridized carbons (Fsp3) is 0.393. The van der Waals surface area contributed by atoms with Gasteiger partial charge in [-0.05, 0) is 56.5 Å². The average molecular weight is 522 g/mol. The molecule has 3 aromatic rings. The number of nitrogens with zero attached hydrogens (tertiary/aromatic N) is 3. The summed E-state index contributed by atoms with van der Waals surface area (Å²) in [5.41, 5.74) is 4.00. The molecule has 0 bridgehead atoms. The van der Waals surface area contributed by atoms with Crippen LogP contribution >= 0.6 is 11.8 Å². The molecule has 0 aliphatic carbocycles. The Hall–Kier alpha value is -3.46. The second kappa shape index (κ2) is 12.2. The summed E-state index contributed by atoms with van der Waals surface area (Å²) in [4.78, 5) is 18.4. The maximum atomic E-state index is 13.7. The number of nitrogens with one attached hydrogen (secondary N) is 2. The van der Waals surface area contributed by atoms with Gasteiger partial charge < -0.3 is 20.1 Å². The van der Waals surface area contributed by atoms with Gasteiger partial charge >= 0.3 is 0 Å². The fourth-order valence-electron chi connectivity index (χ4n) is 4.12. The van der Waals surface area contributed by atoms with E-state index in [2.05, 4.69) is 24.5 Å². The number of thioether (sulfide) groups is 1. The number of carbonyl (C=O) groups is 1. The van der Waals surface area contributed by atoms with E-state index in [4.69, 9.17) is 19.6 Å². The topological polar surface area (TPSA) is 90.3 Å². The Morgan fingerprint density at radius 2 is 1.89 bits per heavy atom. The van der Waals surface area contributed by atoms with Crippen LogP contribution in [0.4, 0.5) is 11.6 Å². The molecule has 0 spiro atoms. The Labute approximate surface area is 222 Å². The predicted octanol–water partition coefficient (Wildman–Crippen LogP) is 6.20. The number of rotatable bonds is 11. The van der Waals surface area contributed by atoms with Crippen LogP contribution in [0.2, 0.25) is 0 Å². The minimum absolute atomic E-state index is 0.204. The molecule has 1 aliphatic rings. The van der Waals surface area contributed by atoms with Gasteiger partial charge in [0, 0.05) is 17.1 Å². The molecule has 1 atom stereocenters. The van der Waals surface area contributed by atoms with Crippen molar-refractivity contribution in [3.63, 3.8) is 0 Å². The third-order valence-electron chi connectivity index (χ3n) is 6.08.